The summed E-state index contributed by atoms with van der Waals surface area (Å²) < 4.78 is 5.35. The van der Waals surface area contributed by atoms with Crippen LogP contribution in [-0.2, 0) is 0 Å². The fourth-order valence-electron chi connectivity index (χ4n) is 1.48. The Morgan fingerprint density at radius 2 is 2.19 bits per heavy atom. The van der Waals surface area contributed by atoms with Crippen LogP contribution in [-0.4, -0.2) is 23.7 Å². The predicted molar refractivity (Wildman–Crippen MR) is 66.8 cm³/mol. The van der Waals surface area contributed by atoms with Crippen LogP contribution in [0.4, 0.5) is 5.82 Å². The molecule has 0 spiro atoms. The zero-order chi connectivity index (χ0) is 12.0. The average molecular weight is 223 g/mol. The van der Waals surface area contributed by atoms with Gasteiger partial charge in [0, 0.05) is 11.6 Å². The second-order valence-electron chi connectivity index (χ2n) is 4.34. The first-order valence-electron chi connectivity index (χ1n) is 5.65. The second kappa shape index (κ2) is 5.70. The highest BCUT2D eigenvalue weighted by atomic mass is 16.5. The zero-order valence-electron chi connectivity index (χ0n) is 10.3. The Morgan fingerprint density at radius 3 is 2.81 bits per heavy atom. The largest absolute Gasteiger partial charge is 0.478 e. The number of nitrogens with zero attached hydrogens (tertiary/aromatic N) is 1. The SMILES string of the molecule is CCOc1cccc(NC(C)(C)CCN)n1. The molecule has 0 bridgehead atoms. The van der Waals surface area contributed by atoms with Crippen molar-refractivity contribution in [3.05, 3.63) is 18.2 Å². The molecule has 1 aromatic heterocycles. The third kappa shape index (κ3) is 4.06. The van der Waals surface area contributed by atoms with Crippen LogP contribution in [0.2, 0.25) is 0 Å². The summed E-state index contributed by atoms with van der Waals surface area (Å²) in [5.41, 5.74) is 5.51. The molecule has 4 heteroatoms. The molecule has 0 saturated carbocycles. The number of aromatic nitrogens is 1. The van der Waals surface area contributed by atoms with Crippen LogP contribution in [0.15, 0.2) is 18.2 Å². The molecule has 0 aliphatic carbocycles. The molecule has 0 radical (unpaired) electrons. The van der Waals surface area contributed by atoms with Gasteiger partial charge in [0.2, 0.25) is 5.88 Å². The fraction of sp³-hybridized carbons (Fsp3) is 0.583. The van der Waals surface area contributed by atoms with Crippen LogP contribution < -0.4 is 15.8 Å². The van der Waals surface area contributed by atoms with Gasteiger partial charge in [-0.3, -0.25) is 0 Å². The van der Waals surface area contributed by atoms with E-state index >= 15 is 0 Å². The van der Waals surface area contributed by atoms with Crippen LogP contribution in [0.3, 0.4) is 0 Å². The summed E-state index contributed by atoms with van der Waals surface area (Å²) in [5.74, 6) is 1.47. The highest BCUT2D eigenvalue weighted by Gasteiger charge is 2.16. The molecule has 90 valence electrons. The molecule has 1 rings (SSSR count). The molecule has 16 heavy (non-hydrogen) atoms. The minimum atomic E-state index is -0.0490. The van der Waals surface area contributed by atoms with Crippen LogP contribution in [0.1, 0.15) is 27.2 Å². The minimum absolute atomic E-state index is 0.0490. The third-order valence-electron chi connectivity index (χ3n) is 2.25. The van der Waals surface area contributed by atoms with Gasteiger partial charge in [0.15, 0.2) is 0 Å². The van der Waals surface area contributed by atoms with Crippen LogP contribution in [0.25, 0.3) is 0 Å². The molecular formula is C12H21N3O. The Balaban J connectivity index is 2.69. The first-order chi connectivity index (χ1) is 7.57. The molecule has 0 aromatic carbocycles. The number of hydrogen-bond acceptors (Lipinski definition) is 4. The summed E-state index contributed by atoms with van der Waals surface area (Å²) in [4.78, 5) is 4.36. The highest BCUT2D eigenvalue weighted by Crippen LogP contribution is 2.18. The Labute approximate surface area is 97.2 Å². The summed E-state index contributed by atoms with van der Waals surface area (Å²) in [6.07, 6.45) is 0.896. The van der Waals surface area contributed by atoms with Gasteiger partial charge in [0.1, 0.15) is 5.82 Å². The van der Waals surface area contributed by atoms with Crippen molar-refractivity contribution >= 4 is 5.82 Å². The van der Waals surface area contributed by atoms with E-state index in [1.807, 2.05) is 25.1 Å². The predicted octanol–water partition coefficient (Wildman–Crippen LogP) is 2.02. The Kier molecular flexibility index (Phi) is 4.55. The van der Waals surface area contributed by atoms with Crippen molar-refractivity contribution in [2.75, 3.05) is 18.5 Å². The van der Waals surface area contributed by atoms with E-state index in [0.29, 0.717) is 19.0 Å². The van der Waals surface area contributed by atoms with Gasteiger partial charge in [-0.15, -0.1) is 0 Å². The van der Waals surface area contributed by atoms with Gasteiger partial charge in [-0.05, 0) is 39.8 Å². The Bertz CT molecular complexity index is 326. The molecule has 0 saturated heterocycles. The van der Waals surface area contributed by atoms with E-state index in [1.165, 1.54) is 0 Å². The number of hydrogen-bond donors (Lipinski definition) is 2. The van der Waals surface area contributed by atoms with Gasteiger partial charge >= 0.3 is 0 Å². The maximum atomic E-state index is 5.56. The number of rotatable bonds is 6. The Morgan fingerprint density at radius 1 is 1.44 bits per heavy atom. The maximum Gasteiger partial charge on any atom is 0.215 e. The lowest BCUT2D eigenvalue weighted by Gasteiger charge is -2.26. The summed E-state index contributed by atoms with van der Waals surface area (Å²) in [7, 11) is 0. The fourth-order valence-corrected chi connectivity index (χ4v) is 1.48. The zero-order valence-corrected chi connectivity index (χ0v) is 10.3. The van der Waals surface area contributed by atoms with Crippen molar-refractivity contribution < 1.29 is 4.74 Å². The van der Waals surface area contributed by atoms with Gasteiger partial charge in [0.25, 0.3) is 0 Å². The molecule has 3 N–H and O–H groups in total. The molecule has 1 heterocycles. The van der Waals surface area contributed by atoms with E-state index in [1.54, 1.807) is 0 Å². The smallest absolute Gasteiger partial charge is 0.215 e. The second-order valence-corrected chi connectivity index (χ2v) is 4.34. The number of ether oxygens (including phenoxy) is 1. The third-order valence-corrected chi connectivity index (χ3v) is 2.25. The van der Waals surface area contributed by atoms with E-state index < -0.39 is 0 Å². The van der Waals surface area contributed by atoms with Crippen molar-refractivity contribution in [2.24, 2.45) is 5.73 Å². The normalized spacial score (nSPS) is 11.2. The van der Waals surface area contributed by atoms with E-state index in [4.69, 9.17) is 10.5 Å². The summed E-state index contributed by atoms with van der Waals surface area (Å²) in [6.45, 7) is 7.44. The molecule has 0 aliphatic rings. The number of pyridine rings is 1. The van der Waals surface area contributed by atoms with Crippen LogP contribution in [0.5, 0.6) is 5.88 Å². The van der Waals surface area contributed by atoms with Crippen molar-refractivity contribution in [2.45, 2.75) is 32.7 Å². The molecule has 1 aromatic rings. The summed E-state index contributed by atoms with van der Waals surface area (Å²) >= 11 is 0. The standard InChI is InChI=1S/C12H21N3O/c1-4-16-11-7-5-6-10(14-11)15-12(2,3)8-9-13/h5-7H,4,8-9,13H2,1-3H3,(H,14,15). The topological polar surface area (TPSA) is 60.2 Å². The first-order valence-corrected chi connectivity index (χ1v) is 5.65. The lowest BCUT2D eigenvalue weighted by molar-refractivity contribution is 0.327. The van der Waals surface area contributed by atoms with E-state index in [2.05, 4.69) is 24.1 Å². The number of nitrogens with two attached hydrogens (primary N) is 1. The van der Waals surface area contributed by atoms with Gasteiger partial charge in [-0.25, -0.2) is 0 Å². The molecule has 4 nitrogen and oxygen atoms in total. The molecular weight excluding hydrogens is 202 g/mol. The van der Waals surface area contributed by atoms with Gasteiger partial charge in [-0.2, -0.15) is 4.98 Å². The lowest BCUT2D eigenvalue weighted by atomic mass is 10.0. The van der Waals surface area contributed by atoms with E-state index in [-0.39, 0.29) is 5.54 Å². The first kappa shape index (κ1) is 12.8. The van der Waals surface area contributed by atoms with E-state index in [0.717, 1.165) is 12.2 Å². The molecule has 0 fully saturated rings. The van der Waals surface area contributed by atoms with Crippen molar-refractivity contribution in [1.29, 1.82) is 0 Å². The number of nitrogens with one attached hydrogen (secondary N) is 1. The van der Waals surface area contributed by atoms with Crippen molar-refractivity contribution in [3.8, 4) is 5.88 Å². The van der Waals surface area contributed by atoms with Gasteiger partial charge in [0.05, 0.1) is 6.61 Å². The molecule has 0 atom stereocenters. The lowest BCUT2D eigenvalue weighted by Crippen LogP contribution is -2.33. The van der Waals surface area contributed by atoms with E-state index in [9.17, 15) is 0 Å². The molecule has 0 unspecified atom stereocenters. The molecule has 0 amide bonds. The van der Waals surface area contributed by atoms with Crippen LogP contribution in [0, 0.1) is 0 Å². The minimum Gasteiger partial charge on any atom is -0.478 e. The van der Waals surface area contributed by atoms with Gasteiger partial charge < -0.3 is 15.8 Å². The van der Waals surface area contributed by atoms with Crippen LogP contribution >= 0.6 is 0 Å². The monoisotopic (exact) mass is 223 g/mol. The Hall–Kier alpha value is -1.29. The molecule has 0 aliphatic heterocycles. The summed E-state index contributed by atoms with van der Waals surface area (Å²) in [6, 6.07) is 5.71. The van der Waals surface area contributed by atoms with Gasteiger partial charge in [-0.1, -0.05) is 6.07 Å². The quantitative estimate of drug-likeness (QED) is 0.774. The highest BCUT2D eigenvalue weighted by molar-refractivity contribution is 5.39. The summed E-state index contributed by atoms with van der Waals surface area (Å²) in [5, 5.41) is 3.35. The number of anilines is 1. The van der Waals surface area contributed by atoms with Crippen molar-refractivity contribution in [3.63, 3.8) is 0 Å². The maximum absolute atomic E-state index is 5.56. The van der Waals surface area contributed by atoms with Crippen molar-refractivity contribution in [1.82, 2.24) is 4.98 Å². The average Bonchev–Trinajstić information content (AvgIpc) is 2.17.